The molecule has 2 heterocycles. The van der Waals surface area contributed by atoms with E-state index in [-0.39, 0.29) is 6.10 Å². The molecule has 1 atom stereocenters. The smallest absolute Gasteiger partial charge is 0.170 e. The molecule has 1 aliphatic heterocycles. The molecule has 2 aliphatic rings. The van der Waals surface area contributed by atoms with Gasteiger partial charge in [0.25, 0.3) is 0 Å². The third-order valence-corrected chi connectivity index (χ3v) is 6.01. The summed E-state index contributed by atoms with van der Waals surface area (Å²) in [7, 11) is 1.90. The van der Waals surface area contributed by atoms with Crippen molar-refractivity contribution in [2.24, 2.45) is 0 Å². The maximum Gasteiger partial charge on any atom is 0.170 e. The molecule has 5 rings (SSSR count). The molecule has 1 unspecified atom stereocenters. The van der Waals surface area contributed by atoms with E-state index in [2.05, 4.69) is 28.6 Å². The molecule has 0 bridgehead atoms. The van der Waals surface area contributed by atoms with Gasteiger partial charge in [0, 0.05) is 23.9 Å². The standard InChI is InChI=1S/C25H27N3O4/c1-25(2)31-15-20(32-25)14-30-19-9-7-18(8-10-19)28-24-21(23(13-29)27-28)11-5-16-4-6-17(26-3)12-22(16)24/h4,6-10,12-13,20,26H,5,11,14-15H2,1-3H3. The summed E-state index contributed by atoms with van der Waals surface area (Å²) < 4.78 is 19.1. The highest BCUT2D eigenvalue weighted by molar-refractivity contribution is 5.84. The summed E-state index contributed by atoms with van der Waals surface area (Å²) in [4.78, 5) is 11.7. The van der Waals surface area contributed by atoms with E-state index in [9.17, 15) is 4.79 Å². The zero-order valence-electron chi connectivity index (χ0n) is 18.6. The number of hydrogen-bond donors (Lipinski definition) is 1. The second-order valence-electron chi connectivity index (χ2n) is 8.62. The van der Waals surface area contributed by atoms with Gasteiger partial charge in [0.1, 0.15) is 24.2 Å². The zero-order chi connectivity index (χ0) is 22.3. The molecule has 0 spiro atoms. The van der Waals surface area contributed by atoms with Gasteiger partial charge in [-0.25, -0.2) is 4.68 Å². The summed E-state index contributed by atoms with van der Waals surface area (Å²) in [6.45, 7) is 4.75. The number of nitrogens with one attached hydrogen (secondary N) is 1. The predicted molar refractivity (Wildman–Crippen MR) is 122 cm³/mol. The zero-order valence-corrected chi connectivity index (χ0v) is 18.6. The fraction of sp³-hybridized carbons (Fsp3) is 0.360. The van der Waals surface area contributed by atoms with Crippen LogP contribution in [0.2, 0.25) is 0 Å². The molecule has 1 aliphatic carbocycles. The molecule has 1 N–H and O–H groups in total. The van der Waals surface area contributed by atoms with Crippen LogP contribution >= 0.6 is 0 Å². The van der Waals surface area contributed by atoms with Gasteiger partial charge in [-0.05, 0) is 68.7 Å². The summed E-state index contributed by atoms with van der Waals surface area (Å²) >= 11 is 0. The van der Waals surface area contributed by atoms with Crippen LogP contribution in [0.4, 0.5) is 5.69 Å². The van der Waals surface area contributed by atoms with Crippen LogP contribution in [0.5, 0.6) is 5.75 Å². The van der Waals surface area contributed by atoms with Crippen molar-refractivity contribution in [2.45, 2.75) is 38.6 Å². The van der Waals surface area contributed by atoms with E-state index in [4.69, 9.17) is 14.2 Å². The van der Waals surface area contributed by atoms with Gasteiger partial charge in [0.05, 0.1) is 18.0 Å². The van der Waals surface area contributed by atoms with Gasteiger partial charge in [-0.2, -0.15) is 5.10 Å². The average molecular weight is 434 g/mol. The van der Waals surface area contributed by atoms with Gasteiger partial charge in [0.15, 0.2) is 12.1 Å². The Labute approximate surface area is 187 Å². The number of aldehydes is 1. The van der Waals surface area contributed by atoms with Gasteiger partial charge in [-0.3, -0.25) is 4.79 Å². The second-order valence-corrected chi connectivity index (χ2v) is 8.62. The first-order chi connectivity index (χ1) is 15.5. The SMILES string of the molecule is CNc1ccc2c(c1)-c1c(c(C=O)nn1-c1ccc(OCC3COC(C)(C)O3)cc1)CC2. The lowest BCUT2D eigenvalue weighted by Gasteiger charge is -2.20. The molecule has 166 valence electrons. The molecule has 1 saturated heterocycles. The first-order valence-electron chi connectivity index (χ1n) is 10.9. The van der Waals surface area contributed by atoms with Crippen molar-refractivity contribution in [3.05, 3.63) is 59.3 Å². The number of aromatic nitrogens is 2. The Morgan fingerprint density at radius 2 is 2.03 bits per heavy atom. The van der Waals surface area contributed by atoms with Crippen molar-refractivity contribution >= 4 is 12.0 Å². The number of nitrogens with zero attached hydrogens (tertiary/aromatic N) is 2. The maximum absolute atomic E-state index is 11.7. The van der Waals surface area contributed by atoms with Crippen LogP contribution in [0.25, 0.3) is 16.9 Å². The van der Waals surface area contributed by atoms with E-state index in [1.807, 2.05) is 49.8 Å². The third kappa shape index (κ3) is 3.78. The number of carbonyl (C=O) groups excluding carboxylic acids is 1. The van der Waals surface area contributed by atoms with Crippen LogP contribution in [0, 0.1) is 0 Å². The molecule has 0 amide bonds. The van der Waals surface area contributed by atoms with Gasteiger partial charge >= 0.3 is 0 Å². The monoisotopic (exact) mass is 433 g/mol. The number of benzene rings is 2. The van der Waals surface area contributed by atoms with Gasteiger partial charge < -0.3 is 19.5 Å². The van der Waals surface area contributed by atoms with Crippen LogP contribution < -0.4 is 10.1 Å². The number of anilines is 1. The molecule has 0 saturated carbocycles. The van der Waals surface area contributed by atoms with E-state index in [1.54, 1.807) is 0 Å². The summed E-state index contributed by atoms with van der Waals surface area (Å²) in [5, 5.41) is 7.84. The summed E-state index contributed by atoms with van der Waals surface area (Å²) in [5.74, 6) is 0.188. The van der Waals surface area contributed by atoms with Gasteiger partial charge in [0.2, 0.25) is 0 Å². The van der Waals surface area contributed by atoms with E-state index < -0.39 is 5.79 Å². The number of ether oxygens (including phenoxy) is 3. The van der Waals surface area contributed by atoms with E-state index in [1.165, 1.54) is 5.56 Å². The fourth-order valence-corrected chi connectivity index (χ4v) is 4.42. The molecule has 3 aromatic rings. The molecule has 7 heteroatoms. The molecule has 0 radical (unpaired) electrons. The van der Waals surface area contributed by atoms with Crippen LogP contribution in [0.3, 0.4) is 0 Å². The van der Waals surface area contributed by atoms with Crippen molar-refractivity contribution in [3.8, 4) is 22.7 Å². The van der Waals surface area contributed by atoms with E-state index in [0.717, 1.165) is 53.1 Å². The Hall–Kier alpha value is -3.16. The van der Waals surface area contributed by atoms with Crippen LogP contribution in [0.1, 0.15) is 35.5 Å². The lowest BCUT2D eigenvalue weighted by molar-refractivity contribution is -0.141. The van der Waals surface area contributed by atoms with Crippen molar-refractivity contribution in [1.29, 1.82) is 0 Å². The number of rotatable bonds is 6. The van der Waals surface area contributed by atoms with Gasteiger partial charge in [-0.1, -0.05) is 6.07 Å². The summed E-state index contributed by atoms with van der Waals surface area (Å²) in [6, 6.07) is 14.1. The topological polar surface area (TPSA) is 74.6 Å². The molecule has 1 aromatic heterocycles. The highest BCUT2D eigenvalue weighted by Gasteiger charge is 2.33. The molecule has 2 aromatic carbocycles. The van der Waals surface area contributed by atoms with Gasteiger partial charge in [-0.15, -0.1) is 0 Å². The van der Waals surface area contributed by atoms with Crippen molar-refractivity contribution in [2.75, 3.05) is 25.6 Å². The summed E-state index contributed by atoms with van der Waals surface area (Å²) in [6.07, 6.45) is 2.46. The van der Waals surface area contributed by atoms with E-state index in [0.29, 0.717) is 18.9 Å². The highest BCUT2D eigenvalue weighted by atomic mass is 16.7. The van der Waals surface area contributed by atoms with Crippen LogP contribution in [0.15, 0.2) is 42.5 Å². The summed E-state index contributed by atoms with van der Waals surface area (Å²) in [5.41, 5.74) is 6.77. The second kappa shape index (κ2) is 8.07. The lowest BCUT2D eigenvalue weighted by Crippen LogP contribution is -2.25. The molecule has 7 nitrogen and oxygen atoms in total. The predicted octanol–water partition coefficient (Wildman–Crippen LogP) is 4.02. The maximum atomic E-state index is 11.7. The first-order valence-corrected chi connectivity index (χ1v) is 10.9. The van der Waals surface area contributed by atoms with E-state index >= 15 is 0 Å². The lowest BCUT2D eigenvalue weighted by atomic mass is 9.88. The normalized spacial score (nSPS) is 18.7. The third-order valence-electron chi connectivity index (χ3n) is 6.01. The number of carbonyl (C=O) groups is 1. The molecular weight excluding hydrogens is 406 g/mol. The largest absolute Gasteiger partial charge is 0.491 e. The number of hydrogen-bond acceptors (Lipinski definition) is 6. The Morgan fingerprint density at radius 1 is 1.22 bits per heavy atom. The number of fused-ring (bicyclic) bond motifs is 3. The Balaban J connectivity index is 1.43. The minimum atomic E-state index is -0.559. The molecule has 1 fully saturated rings. The molecular formula is C25H27N3O4. The fourth-order valence-electron chi connectivity index (χ4n) is 4.42. The average Bonchev–Trinajstić information content (AvgIpc) is 3.37. The van der Waals surface area contributed by atoms with Crippen LogP contribution in [-0.4, -0.2) is 48.2 Å². The van der Waals surface area contributed by atoms with Crippen molar-refractivity contribution in [1.82, 2.24) is 9.78 Å². The minimum absolute atomic E-state index is 0.0872. The minimum Gasteiger partial charge on any atom is -0.491 e. The molecule has 32 heavy (non-hydrogen) atoms. The first kappa shape index (κ1) is 20.7. The Bertz CT molecular complexity index is 1150. The van der Waals surface area contributed by atoms with Crippen molar-refractivity contribution in [3.63, 3.8) is 0 Å². The van der Waals surface area contributed by atoms with Crippen molar-refractivity contribution < 1.29 is 19.0 Å². The van der Waals surface area contributed by atoms with Crippen LogP contribution in [-0.2, 0) is 22.3 Å². The highest BCUT2D eigenvalue weighted by Crippen LogP contribution is 2.38. The number of aryl methyl sites for hydroxylation is 1. The Kier molecular flexibility index (Phi) is 5.23. The quantitative estimate of drug-likeness (QED) is 0.592. The Morgan fingerprint density at radius 3 is 2.72 bits per heavy atom.